The van der Waals surface area contributed by atoms with Crippen LogP contribution in [0.25, 0.3) is 0 Å². The normalized spacial score (nSPS) is 29.1. The number of hydrogen-bond acceptors (Lipinski definition) is 2. The molecule has 4 heteroatoms. The first kappa shape index (κ1) is 10.2. The lowest BCUT2D eigenvalue weighted by molar-refractivity contribution is -0.139. The number of carboxylic acids is 1. The Kier molecular flexibility index (Phi) is 2.31. The molecule has 2 unspecified atom stereocenters. The summed E-state index contributed by atoms with van der Waals surface area (Å²) in [6, 6.07) is 3.92. The Hall–Kier alpha value is -1.29. The van der Waals surface area contributed by atoms with Gasteiger partial charge in [-0.15, -0.1) is 0 Å². The highest BCUT2D eigenvalue weighted by molar-refractivity contribution is 5.84. The molecule has 0 aliphatic heterocycles. The molecule has 0 saturated heterocycles. The lowest BCUT2D eigenvalue weighted by Crippen LogP contribution is -2.34. The zero-order valence-corrected chi connectivity index (χ0v) is 8.81. The fourth-order valence-corrected chi connectivity index (χ4v) is 2.07. The maximum atomic E-state index is 10.9. The van der Waals surface area contributed by atoms with E-state index in [0.717, 1.165) is 18.7 Å². The molecule has 1 saturated carbocycles. The van der Waals surface area contributed by atoms with Gasteiger partial charge in [-0.2, -0.15) is 0 Å². The predicted octanol–water partition coefficient (Wildman–Crippen LogP) is 1.17. The van der Waals surface area contributed by atoms with Gasteiger partial charge in [0.1, 0.15) is 5.54 Å². The Bertz CT molecular complexity index is 386. The molecule has 0 radical (unpaired) electrons. The summed E-state index contributed by atoms with van der Waals surface area (Å²) in [5.74, 6) is -0.909. The van der Waals surface area contributed by atoms with Gasteiger partial charge in [-0.3, -0.25) is 4.79 Å². The van der Waals surface area contributed by atoms with Crippen LogP contribution < -0.4 is 5.73 Å². The summed E-state index contributed by atoms with van der Waals surface area (Å²) in [7, 11) is 0. The molecule has 1 aliphatic rings. The lowest BCUT2D eigenvalue weighted by atomic mass is 10.2. The monoisotopic (exact) mass is 208 g/mol. The molecular formula is C11H16N2O2. The van der Waals surface area contributed by atoms with Gasteiger partial charge in [0, 0.05) is 24.4 Å². The van der Waals surface area contributed by atoms with E-state index >= 15 is 0 Å². The van der Waals surface area contributed by atoms with Crippen LogP contribution in [0.2, 0.25) is 0 Å². The van der Waals surface area contributed by atoms with Crippen LogP contribution in [0.4, 0.5) is 0 Å². The summed E-state index contributed by atoms with van der Waals surface area (Å²) in [6.07, 6.45) is 3.58. The largest absolute Gasteiger partial charge is 0.480 e. The van der Waals surface area contributed by atoms with Crippen molar-refractivity contribution in [2.24, 2.45) is 5.73 Å². The Morgan fingerprint density at radius 1 is 1.80 bits per heavy atom. The van der Waals surface area contributed by atoms with Crippen molar-refractivity contribution in [1.29, 1.82) is 0 Å². The fourth-order valence-electron chi connectivity index (χ4n) is 2.07. The third kappa shape index (κ3) is 1.55. The highest BCUT2D eigenvalue weighted by Gasteiger charge is 2.59. The predicted molar refractivity (Wildman–Crippen MR) is 56.6 cm³/mol. The van der Waals surface area contributed by atoms with Gasteiger partial charge >= 0.3 is 5.97 Å². The number of rotatable bonds is 4. The Labute approximate surface area is 88.7 Å². The van der Waals surface area contributed by atoms with Crippen LogP contribution in [0.3, 0.4) is 0 Å². The highest BCUT2D eigenvalue weighted by Crippen LogP contribution is 2.49. The van der Waals surface area contributed by atoms with E-state index in [2.05, 4.69) is 11.5 Å². The van der Waals surface area contributed by atoms with Crippen LogP contribution in [-0.4, -0.2) is 21.2 Å². The van der Waals surface area contributed by atoms with Gasteiger partial charge in [-0.05, 0) is 25.0 Å². The average Bonchev–Trinajstić information content (AvgIpc) is 2.69. The molecular weight excluding hydrogens is 192 g/mol. The molecule has 4 nitrogen and oxygen atoms in total. The number of aryl methyl sites for hydroxylation is 1. The molecule has 15 heavy (non-hydrogen) atoms. The number of carbonyl (C=O) groups is 1. The molecule has 0 bridgehead atoms. The molecule has 1 aliphatic carbocycles. The minimum absolute atomic E-state index is 0.0171. The summed E-state index contributed by atoms with van der Waals surface area (Å²) in [5.41, 5.74) is 5.81. The molecule has 1 heterocycles. The summed E-state index contributed by atoms with van der Waals surface area (Å²) in [4.78, 5) is 10.9. The van der Waals surface area contributed by atoms with Crippen molar-refractivity contribution in [3.8, 4) is 0 Å². The van der Waals surface area contributed by atoms with Crippen LogP contribution in [0.15, 0.2) is 18.3 Å². The van der Waals surface area contributed by atoms with E-state index in [1.807, 2.05) is 18.3 Å². The van der Waals surface area contributed by atoms with Crippen molar-refractivity contribution in [3.05, 3.63) is 24.0 Å². The van der Waals surface area contributed by atoms with Crippen molar-refractivity contribution in [1.82, 2.24) is 4.57 Å². The quantitative estimate of drug-likeness (QED) is 0.780. The Morgan fingerprint density at radius 2 is 2.53 bits per heavy atom. The summed E-state index contributed by atoms with van der Waals surface area (Å²) in [5, 5.41) is 8.97. The topological polar surface area (TPSA) is 68.2 Å². The minimum atomic E-state index is -1.02. The molecule has 0 aromatic carbocycles. The zero-order valence-electron chi connectivity index (χ0n) is 8.81. The third-order valence-electron chi connectivity index (χ3n) is 3.09. The number of hydrogen-bond donors (Lipinski definition) is 2. The number of aromatic nitrogens is 1. The molecule has 0 spiro atoms. The molecule has 3 N–H and O–H groups in total. The number of aliphatic carboxylic acids is 1. The highest BCUT2D eigenvalue weighted by atomic mass is 16.4. The van der Waals surface area contributed by atoms with Gasteiger partial charge in [0.15, 0.2) is 0 Å². The van der Waals surface area contributed by atoms with Crippen LogP contribution in [0.5, 0.6) is 0 Å². The second-order valence-electron chi connectivity index (χ2n) is 4.23. The first-order chi connectivity index (χ1) is 7.09. The third-order valence-corrected chi connectivity index (χ3v) is 3.09. The second-order valence-corrected chi connectivity index (χ2v) is 4.23. The van der Waals surface area contributed by atoms with Crippen molar-refractivity contribution >= 4 is 5.97 Å². The van der Waals surface area contributed by atoms with Crippen LogP contribution in [-0.2, 0) is 11.3 Å². The fraction of sp³-hybridized carbons (Fsp3) is 0.545. The summed E-state index contributed by atoms with van der Waals surface area (Å²) < 4.78 is 2.10. The minimum Gasteiger partial charge on any atom is -0.480 e. The SMILES string of the molecule is CCCn1cccc1C1CC1(N)C(=O)O. The Morgan fingerprint density at radius 3 is 3.07 bits per heavy atom. The molecule has 0 amide bonds. The zero-order chi connectivity index (χ0) is 11.1. The molecule has 2 atom stereocenters. The molecule has 1 fully saturated rings. The van der Waals surface area contributed by atoms with E-state index in [0.29, 0.717) is 6.42 Å². The maximum Gasteiger partial charge on any atom is 0.324 e. The van der Waals surface area contributed by atoms with Crippen molar-refractivity contribution in [2.75, 3.05) is 0 Å². The average molecular weight is 208 g/mol. The van der Waals surface area contributed by atoms with Crippen LogP contribution in [0, 0.1) is 0 Å². The first-order valence-corrected chi connectivity index (χ1v) is 5.27. The second kappa shape index (κ2) is 3.38. The van der Waals surface area contributed by atoms with E-state index in [1.54, 1.807) is 0 Å². The first-order valence-electron chi connectivity index (χ1n) is 5.27. The van der Waals surface area contributed by atoms with E-state index in [-0.39, 0.29) is 5.92 Å². The maximum absolute atomic E-state index is 10.9. The smallest absolute Gasteiger partial charge is 0.324 e. The van der Waals surface area contributed by atoms with Gasteiger partial charge in [-0.25, -0.2) is 0 Å². The van der Waals surface area contributed by atoms with E-state index in [1.165, 1.54) is 0 Å². The van der Waals surface area contributed by atoms with Crippen molar-refractivity contribution in [2.45, 2.75) is 37.8 Å². The lowest BCUT2D eigenvalue weighted by Gasteiger charge is -2.09. The number of nitrogens with zero attached hydrogens (tertiary/aromatic N) is 1. The summed E-state index contributed by atoms with van der Waals surface area (Å²) in [6.45, 7) is 3.03. The summed E-state index contributed by atoms with van der Waals surface area (Å²) >= 11 is 0. The van der Waals surface area contributed by atoms with Gasteiger partial charge in [0.2, 0.25) is 0 Å². The van der Waals surface area contributed by atoms with E-state index in [9.17, 15) is 4.79 Å². The number of carboxylic acid groups (broad SMARTS) is 1. The molecule has 1 aromatic rings. The van der Waals surface area contributed by atoms with Gasteiger partial charge in [-0.1, -0.05) is 6.92 Å². The van der Waals surface area contributed by atoms with E-state index < -0.39 is 11.5 Å². The molecule has 1 aromatic heterocycles. The van der Waals surface area contributed by atoms with Crippen LogP contribution >= 0.6 is 0 Å². The van der Waals surface area contributed by atoms with Crippen LogP contribution in [0.1, 0.15) is 31.4 Å². The molecule has 82 valence electrons. The van der Waals surface area contributed by atoms with Gasteiger partial charge in [0.05, 0.1) is 0 Å². The molecule has 2 rings (SSSR count). The van der Waals surface area contributed by atoms with Gasteiger partial charge < -0.3 is 15.4 Å². The van der Waals surface area contributed by atoms with Gasteiger partial charge in [0.25, 0.3) is 0 Å². The number of nitrogens with two attached hydrogens (primary N) is 1. The van der Waals surface area contributed by atoms with Crippen molar-refractivity contribution < 1.29 is 9.90 Å². The Balaban J connectivity index is 2.19. The van der Waals surface area contributed by atoms with E-state index in [4.69, 9.17) is 10.8 Å². The van der Waals surface area contributed by atoms with Crippen molar-refractivity contribution in [3.63, 3.8) is 0 Å². The standard InChI is InChI=1S/C11H16N2O2/c1-2-5-13-6-3-4-9(13)8-7-11(8,12)10(14)15/h3-4,6,8H,2,5,7,12H2,1H3,(H,14,15).